The number of benzene rings is 3. The van der Waals surface area contributed by atoms with E-state index in [1.54, 1.807) is 54.4 Å². The first kappa shape index (κ1) is 24.0. The molecule has 0 spiro atoms. The number of hydrogen-bond acceptors (Lipinski definition) is 5. The van der Waals surface area contributed by atoms with E-state index in [2.05, 4.69) is 10.6 Å². The zero-order valence-corrected chi connectivity index (χ0v) is 19.7. The molecule has 4 rings (SSSR count). The Morgan fingerprint density at radius 3 is 2.43 bits per heavy atom. The van der Waals surface area contributed by atoms with E-state index in [1.807, 2.05) is 43.4 Å². The summed E-state index contributed by atoms with van der Waals surface area (Å²) in [6.45, 7) is 1.19. The third kappa shape index (κ3) is 5.50. The van der Waals surface area contributed by atoms with Gasteiger partial charge in [-0.3, -0.25) is 14.5 Å². The van der Waals surface area contributed by atoms with Gasteiger partial charge < -0.3 is 20.3 Å². The average Bonchev–Trinajstić information content (AvgIpc) is 3.03. The first-order valence-electron chi connectivity index (χ1n) is 11.4. The molecule has 8 heteroatoms. The molecule has 8 nitrogen and oxygen atoms in total. The Balaban J connectivity index is 1.75. The minimum absolute atomic E-state index is 0.0356. The fourth-order valence-corrected chi connectivity index (χ4v) is 4.02. The summed E-state index contributed by atoms with van der Waals surface area (Å²) in [6.07, 6.45) is -0.582. The Hall–Kier alpha value is -4.17. The van der Waals surface area contributed by atoms with Gasteiger partial charge in [0.2, 0.25) is 5.91 Å². The Morgan fingerprint density at radius 1 is 1.06 bits per heavy atom. The molecule has 0 saturated carbocycles. The summed E-state index contributed by atoms with van der Waals surface area (Å²) in [5, 5.41) is 5.90. The van der Waals surface area contributed by atoms with E-state index in [1.165, 1.54) is 4.90 Å². The fourth-order valence-electron chi connectivity index (χ4n) is 4.02. The van der Waals surface area contributed by atoms with Crippen LogP contribution in [0.3, 0.4) is 0 Å². The summed E-state index contributed by atoms with van der Waals surface area (Å²) in [5.41, 5.74) is 2.05. The fraction of sp³-hybridized carbons (Fsp3) is 0.222. The van der Waals surface area contributed by atoms with Gasteiger partial charge in [0.15, 0.2) is 0 Å². The summed E-state index contributed by atoms with van der Waals surface area (Å²) in [7, 11) is 3.54. The van der Waals surface area contributed by atoms with E-state index in [0.717, 1.165) is 5.56 Å². The molecule has 3 amide bonds. The summed E-state index contributed by atoms with van der Waals surface area (Å²) < 4.78 is 5.68. The Morgan fingerprint density at radius 2 is 1.74 bits per heavy atom. The van der Waals surface area contributed by atoms with Crippen molar-refractivity contribution in [2.75, 3.05) is 37.4 Å². The van der Waals surface area contributed by atoms with Crippen molar-refractivity contribution in [3.8, 4) is 5.75 Å². The van der Waals surface area contributed by atoms with Crippen LogP contribution in [0.2, 0.25) is 0 Å². The number of carbonyl (C=O) groups excluding carboxylic acids is 3. The van der Waals surface area contributed by atoms with Crippen LogP contribution >= 0.6 is 0 Å². The molecular formula is C27H28N4O4. The van der Waals surface area contributed by atoms with Crippen LogP contribution in [0.4, 0.5) is 16.2 Å². The molecule has 1 aliphatic heterocycles. The van der Waals surface area contributed by atoms with Crippen molar-refractivity contribution in [1.82, 2.24) is 10.2 Å². The second-order valence-electron chi connectivity index (χ2n) is 8.29. The standard InChI is InChI=1S/C27H28N4O4/c1-28-15-16-30(2)26(33)20-13-14-23-22(17-20)29-25(32)18-24(19-9-5-3-6-10-19)31(23)27(34)35-21-11-7-4-8-12-21/h3-14,17,24,28H,15-16,18H2,1-2H3,(H,29,32). The van der Waals surface area contributed by atoms with E-state index in [9.17, 15) is 14.4 Å². The van der Waals surface area contributed by atoms with Gasteiger partial charge in [-0.25, -0.2) is 4.79 Å². The minimum atomic E-state index is -0.618. The van der Waals surface area contributed by atoms with Gasteiger partial charge in [-0.1, -0.05) is 48.5 Å². The molecule has 2 N–H and O–H groups in total. The summed E-state index contributed by atoms with van der Waals surface area (Å²) >= 11 is 0. The predicted octanol–water partition coefficient (Wildman–Crippen LogP) is 4.07. The van der Waals surface area contributed by atoms with E-state index >= 15 is 0 Å². The van der Waals surface area contributed by atoms with Crippen molar-refractivity contribution in [3.63, 3.8) is 0 Å². The van der Waals surface area contributed by atoms with Crippen LogP contribution in [0.5, 0.6) is 5.75 Å². The predicted molar refractivity (Wildman–Crippen MR) is 135 cm³/mol. The molecule has 35 heavy (non-hydrogen) atoms. The van der Waals surface area contributed by atoms with Crippen molar-refractivity contribution >= 4 is 29.3 Å². The van der Waals surface area contributed by atoms with Gasteiger partial charge in [-0.2, -0.15) is 0 Å². The number of amides is 3. The molecule has 0 aliphatic carbocycles. The van der Waals surface area contributed by atoms with E-state index in [-0.39, 0.29) is 18.2 Å². The molecule has 0 fully saturated rings. The van der Waals surface area contributed by atoms with Crippen LogP contribution in [-0.4, -0.2) is 50.0 Å². The number of anilines is 2. The highest BCUT2D eigenvalue weighted by molar-refractivity contribution is 6.05. The van der Waals surface area contributed by atoms with Gasteiger partial charge in [0.05, 0.1) is 23.8 Å². The third-order valence-corrected chi connectivity index (χ3v) is 5.84. The molecule has 0 radical (unpaired) electrons. The van der Waals surface area contributed by atoms with Gasteiger partial charge >= 0.3 is 6.09 Å². The molecule has 3 aromatic rings. The zero-order valence-electron chi connectivity index (χ0n) is 19.7. The van der Waals surface area contributed by atoms with Crippen LogP contribution in [-0.2, 0) is 4.79 Å². The molecule has 0 aromatic heterocycles. The number of carbonyl (C=O) groups is 3. The van der Waals surface area contributed by atoms with Crippen molar-refractivity contribution in [2.24, 2.45) is 0 Å². The van der Waals surface area contributed by atoms with Gasteiger partial charge in [0.1, 0.15) is 5.75 Å². The number of likely N-dealkylation sites (N-methyl/N-ethyl adjacent to an activating group) is 2. The molecule has 1 unspecified atom stereocenters. The third-order valence-electron chi connectivity index (χ3n) is 5.84. The van der Waals surface area contributed by atoms with Gasteiger partial charge in [-0.05, 0) is 42.9 Å². The number of nitrogens with one attached hydrogen (secondary N) is 2. The maximum absolute atomic E-state index is 13.5. The normalized spacial score (nSPS) is 15.0. The first-order valence-corrected chi connectivity index (χ1v) is 11.4. The van der Waals surface area contributed by atoms with Crippen LogP contribution < -0.4 is 20.3 Å². The molecule has 0 saturated heterocycles. The van der Waals surface area contributed by atoms with Gasteiger partial charge in [-0.15, -0.1) is 0 Å². The molecule has 180 valence electrons. The Labute approximate surface area is 204 Å². The quantitative estimate of drug-likeness (QED) is 0.565. The lowest BCUT2D eigenvalue weighted by Crippen LogP contribution is -2.37. The molecule has 0 bridgehead atoms. The van der Waals surface area contributed by atoms with Gasteiger partial charge in [0.25, 0.3) is 5.91 Å². The molecular weight excluding hydrogens is 444 g/mol. The van der Waals surface area contributed by atoms with E-state index < -0.39 is 12.1 Å². The van der Waals surface area contributed by atoms with Crippen molar-refractivity contribution in [3.05, 3.63) is 90.0 Å². The summed E-state index contributed by atoms with van der Waals surface area (Å²) in [5.74, 6) is -0.0461. The maximum Gasteiger partial charge on any atom is 0.420 e. The monoisotopic (exact) mass is 472 g/mol. The van der Waals surface area contributed by atoms with Crippen molar-refractivity contribution in [1.29, 1.82) is 0 Å². The smallest absolute Gasteiger partial charge is 0.410 e. The minimum Gasteiger partial charge on any atom is -0.410 e. The average molecular weight is 473 g/mol. The van der Waals surface area contributed by atoms with Crippen LogP contribution in [0, 0.1) is 0 Å². The highest BCUT2D eigenvalue weighted by Gasteiger charge is 2.35. The molecule has 1 heterocycles. The number of para-hydroxylation sites is 1. The van der Waals surface area contributed by atoms with Crippen LogP contribution in [0.1, 0.15) is 28.4 Å². The topological polar surface area (TPSA) is 91.0 Å². The molecule has 1 atom stereocenters. The largest absolute Gasteiger partial charge is 0.420 e. The summed E-state index contributed by atoms with van der Waals surface area (Å²) in [4.78, 5) is 42.4. The molecule has 1 aliphatic rings. The number of rotatable bonds is 6. The number of ether oxygens (including phenoxy) is 1. The van der Waals surface area contributed by atoms with Crippen molar-refractivity contribution in [2.45, 2.75) is 12.5 Å². The lowest BCUT2D eigenvalue weighted by atomic mass is 10.0. The van der Waals surface area contributed by atoms with E-state index in [0.29, 0.717) is 35.8 Å². The second-order valence-corrected chi connectivity index (χ2v) is 8.29. The first-order chi connectivity index (χ1) is 17.0. The number of fused-ring (bicyclic) bond motifs is 1. The number of hydrogen-bond donors (Lipinski definition) is 2. The highest BCUT2D eigenvalue weighted by Crippen LogP contribution is 2.39. The highest BCUT2D eigenvalue weighted by atomic mass is 16.6. The summed E-state index contributed by atoms with van der Waals surface area (Å²) in [6, 6.07) is 22.5. The Bertz CT molecular complexity index is 1200. The van der Waals surface area contributed by atoms with Crippen LogP contribution in [0.15, 0.2) is 78.9 Å². The van der Waals surface area contributed by atoms with Gasteiger partial charge in [0, 0.05) is 25.7 Å². The SMILES string of the molecule is CNCCN(C)C(=O)c1ccc2c(c1)NC(=O)CC(c1ccccc1)N2C(=O)Oc1ccccc1. The number of nitrogens with zero attached hydrogens (tertiary/aromatic N) is 2. The Kier molecular flexibility index (Phi) is 7.42. The zero-order chi connectivity index (χ0) is 24.8. The van der Waals surface area contributed by atoms with Crippen LogP contribution in [0.25, 0.3) is 0 Å². The molecule has 3 aromatic carbocycles. The second kappa shape index (κ2) is 10.8. The lowest BCUT2D eigenvalue weighted by Gasteiger charge is -2.30. The van der Waals surface area contributed by atoms with Crippen molar-refractivity contribution < 1.29 is 19.1 Å². The van der Waals surface area contributed by atoms with E-state index in [4.69, 9.17) is 4.74 Å². The lowest BCUT2D eigenvalue weighted by molar-refractivity contribution is -0.116. The maximum atomic E-state index is 13.5.